The number of fused-ring (bicyclic) bond motifs is 2. The van der Waals surface area contributed by atoms with Crippen molar-refractivity contribution < 1.29 is 23.8 Å². The molecule has 1 aromatic carbocycles. The van der Waals surface area contributed by atoms with Crippen LogP contribution in [-0.4, -0.2) is 80.6 Å². The summed E-state index contributed by atoms with van der Waals surface area (Å²) in [6, 6.07) is 3.43. The monoisotopic (exact) mass is 512 g/mol. The zero-order valence-corrected chi connectivity index (χ0v) is 20.9. The lowest BCUT2D eigenvalue weighted by Crippen LogP contribution is -2.42. The van der Waals surface area contributed by atoms with Gasteiger partial charge in [0.1, 0.15) is 11.7 Å². The molecule has 1 saturated heterocycles. The third-order valence-electron chi connectivity index (χ3n) is 6.84. The molecule has 0 radical (unpaired) electrons. The van der Waals surface area contributed by atoms with E-state index in [1.54, 1.807) is 31.6 Å². The third-order valence-corrected chi connectivity index (χ3v) is 6.84. The van der Waals surface area contributed by atoms with Gasteiger partial charge in [0.25, 0.3) is 17.4 Å². The molecule has 0 bridgehead atoms. The number of aryl methyl sites for hydroxylation is 1. The molecule has 2 aliphatic rings. The Kier molecular flexibility index (Phi) is 6.24. The number of amides is 2. The van der Waals surface area contributed by atoms with Gasteiger partial charge in [0.15, 0.2) is 0 Å². The van der Waals surface area contributed by atoms with E-state index in [0.717, 1.165) is 0 Å². The van der Waals surface area contributed by atoms with Crippen molar-refractivity contribution >= 4 is 28.7 Å². The van der Waals surface area contributed by atoms with Gasteiger partial charge in [-0.3, -0.25) is 14.4 Å². The van der Waals surface area contributed by atoms with Crippen LogP contribution in [0.25, 0.3) is 5.52 Å². The van der Waals surface area contributed by atoms with Gasteiger partial charge in [0, 0.05) is 44.6 Å². The van der Waals surface area contributed by atoms with Gasteiger partial charge in [-0.05, 0) is 31.5 Å². The van der Waals surface area contributed by atoms with Crippen molar-refractivity contribution in [2.75, 3.05) is 43.1 Å². The lowest BCUT2D eigenvalue weighted by Gasteiger charge is -2.31. The molecule has 2 N–H and O–H groups in total. The minimum atomic E-state index is -1.62. The number of hydrogen-bond acceptors (Lipinski definition) is 7. The first-order chi connectivity index (χ1) is 17.5. The molecule has 3 aromatic rings. The summed E-state index contributed by atoms with van der Waals surface area (Å²) in [7, 11) is 1.59. The second-order valence-corrected chi connectivity index (χ2v) is 9.95. The van der Waals surface area contributed by atoms with Crippen molar-refractivity contribution in [3.05, 3.63) is 57.8 Å². The van der Waals surface area contributed by atoms with Gasteiger partial charge in [-0.2, -0.15) is 5.10 Å². The van der Waals surface area contributed by atoms with Crippen molar-refractivity contribution in [2.24, 2.45) is 7.05 Å². The number of nitrogens with one attached hydrogen (secondary N) is 1. The van der Waals surface area contributed by atoms with E-state index in [-0.39, 0.29) is 35.6 Å². The Labute approximate surface area is 212 Å². The van der Waals surface area contributed by atoms with Crippen molar-refractivity contribution in [3.8, 4) is 0 Å². The van der Waals surface area contributed by atoms with Crippen LogP contribution < -0.4 is 15.8 Å². The molecule has 1 fully saturated rings. The number of carbonyl (C=O) groups excluding carboxylic acids is 2. The zero-order valence-electron chi connectivity index (χ0n) is 20.9. The molecule has 11 nitrogen and oxygen atoms in total. The molecule has 4 heterocycles. The normalized spacial score (nSPS) is 16.8. The number of alkyl halides is 1. The summed E-state index contributed by atoms with van der Waals surface area (Å²) in [5, 5.41) is 17.0. The molecular formula is C25H29FN6O5. The van der Waals surface area contributed by atoms with E-state index in [2.05, 4.69) is 10.4 Å². The Balaban J connectivity index is 1.50. The van der Waals surface area contributed by atoms with Crippen LogP contribution in [-0.2, 0) is 18.3 Å². The van der Waals surface area contributed by atoms with E-state index < -0.39 is 17.7 Å². The lowest BCUT2D eigenvalue weighted by atomic mass is 10.0. The Hall–Kier alpha value is -3.77. The average molecular weight is 513 g/mol. The van der Waals surface area contributed by atoms with Crippen molar-refractivity contribution in [1.82, 2.24) is 19.1 Å². The van der Waals surface area contributed by atoms with Gasteiger partial charge in [-0.15, -0.1) is 0 Å². The summed E-state index contributed by atoms with van der Waals surface area (Å²) in [5.74, 6) is -0.847. The number of halogens is 1. The van der Waals surface area contributed by atoms with Crippen LogP contribution in [0.2, 0.25) is 0 Å². The van der Waals surface area contributed by atoms with E-state index >= 15 is 0 Å². The fourth-order valence-corrected chi connectivity index (χ4v) is 4.58. The molecule has 37 heavy (non-hydrogen) atoms. The molecule has 5 rings (SSSR count). The van der Waals surface area contributed by atoms with Gasteiger partial charge in [0.05, 0.1) is 48.5 Å². The number of ether oxygens (including phenoxy) is 1. The minimum Gasteiger partial charge on any atom is -0.387 e. The number of benzene rings is 1. The summed E-state index contributed by atoms with van der Waals surface area (Å²) < 4.78 is 22.8. The third kappa shape index (κ3) is 4.58. The smallest absolute Gasteiger partial charge is 0.277 e. The highest BCUT2D eigenvalue weighted by Crippen LogP contribution is 2.35. The zero-order chi connectivity index (χ0) is 26.5. The molecule has 0 spiro atoms. The fraction of sp³-hybridized carbons (Fsp3) is 0.440. The highest BCUT2D eigenvalue weighted by atomic mass is 19.1. The van der Waals surface area contributed by atoms with Gasteiger partial charge < -0.3 is 29.5 Å². The Bertz CT molecular complexity index is 1440. The number of nitrogens with zero attached hydrogens (tertiary/aromatic N) is 5. The summed E-state index contributed by atoms with van der Waals surface area (Å²) in [6.45, 7) is 4.72. The van der Waals surface area contributed by atoms with Crippen LogP contribution in [0.5, 0.6) is 0 Å². The Morgan fingerprint density at radius 1 is 1.24 bits per heavy atom. The largest absolute Gasteiger partial charge is 0.387 e. The first kappa shape index (κ1) is 24.9. The van der Waals surface area contributed by atoms with Crippen LogP contribution in [0.4, 0.5) is 15.8 Å². The number of rotatable bonds is 6. The predicted octanol–water partition coefficient (Wildman–Crippen LogP) is 1.19. The molecule has 0 saturated carbocycles. The first-order valence-electron chi connectivity index (χ1n) is 12.0. The summed E-state index contributed by atoms with van der Waals surface area (Å²) in [6.07, 6.45) is 2.87. The molecule has 1 atom stereocenters. The summed E-state index contributed by atoms with van der Waals surface area (Å²) in [4.78, 5) is 42.5. The lowest BCUT2D eigenvalue weighted by molar-refractivity contribution is -0.0159. The van der Waals surface area contributed by atoms with Crippen LogP contribution in [0.15, 0.2) is 35.5 Å². The molecule has 196 valence electrons. The molecule has 1 unspecified atom stereocenters. The number of anilines is 2. The van der Waals surface area contributed by atoms with Crippen molar-refractivity contribution in [3.63, 3.8) is 0 Å². The SMILES string of the molecule is Cn1ccn2ncc(C(=O)Nc3cc4c(cc3N3CCOCC3)C(=O)N(CC(F)C(C)(C)O)C4)c2c1=O. The first-order valence-corrected chi connectivity index (χ1v) is 12.0. The molecular weight excluding hydrogens is 483 g/mol. The second kappa shape index (κ2) is 9.27. The molecule has 12 heteroatoms. The number of morpholine rings is 1. The Morgan fingerprint density at radius 3 is 2.68 bits per heavy atom. The molecule has 2 amide bonds. The number of hydrogen-bond donors (Lipinski definition) is 2. The van der Waals surface area contributed by atoms with Gasteiger partial charge in [0.2, 0.25) is 0 Å². The summed E-state index contributed by atoms with van der Waals surface area (Å²) >= 11 is 0. The number of carbonyl (C=O) groups is 2. The van der Waals surface area contributed by atoms with Gasteiger partial charge >= 0.3 is 0 Å². The standard InChI is InChI=1S/C25H29FN6O5/c1-25(2,36)20(26)14-31-13-15-10-18(19(11-16(15)23(31)34)30-6-8-37-9-7-30)28-22(33)17-12-27-32-5-4-29(3)24(35)21(17)32/h4-5,10-12,20,36H,6-9,13-14H2,1-3H3,(H,28,33). The highest BCUT2D eigenvalue weighted by molar-refractivity contribution is 6.11. The van der Waals surface area contributed by atoms with E-state index in [1.165, 1.54) is 34.0 Å². The molecule has 2 aromatic heterocycles. The average Bonchev–Trinajstić information content (AvgIpc) is 3.42. The molecule has 0 aliphatic carbocycles. The second-order valence-electron chi connectivity index (χ2n) is 9.95. The van der Waals surface area contributed by atoms with Crippen LogP contribution in [0.3, 0.4) is 0 Å². The quantitative estimate of drug-likeness (QED) is 0.509. The molecule has 2 aliphatic heterocycles. The Morgan fingerprint density at radius 2 is 1.97 bits per heavy atom. The van der Waals surface area contributed by atoms with E-state index in [9.17, 15) is 23.9 Å². The van der Waals surface area contributed by atoms with Crippen LogP contribution >= 0.6 is 0 Å². The summed E-state index contributed by atoms with van der Waals surface area (Å²) in [5.41, 5.74) is 0.486. The van der Waals surface area contributed by atoms with Gasteiger partial charge in [-0.1, -0.05) is 0 Å². The van der Waals surface area contributed by atoms with E-state index in [0.29, 0.717) is 48.8 Å². The van der Waals surface area contributed by atoms with Crippen molar-refractivity contribution in [1.29, 1.82) is 0 Å². The van der Waals surface area contributed by atoms with Crippen LogP contribution in [0.1, 0.15) is 40.1 Å². The number of aromatic nitrogens is 3. The van der Waals surface area contributed by atoms with Crippen LogP contribution in [0, 0.1) is 0 Å². The maximum atomic E-state index is 14.6. The number of aliphatic hydroxyl groups is 1. The fourth-order valence-electron chi connectivity index (χ4n) is 4.58. The highest BCUT2D eigenvalue weighted by Gasteiger charge is 2.36. The van der Waals surface area contributed by atoms with Crippen molar-refractivity contribution in [2.45, 2.75) is 32.2 Å². The van der Waals surface area contributed by atoms with Gasteiger partial charge in [-0.25, -0.2) is 8.91 Å². The topological polar surface area (TPSA) is 121 Å². The van der Waals surface area contributed by atoms with E-state index in [4.69, 9.17) is 4.74 Å². The maximum absolute atomic E-state index is 14.6. The predicted molar refractivity (Wildman–Crippen MR) is 134 cm³/mol. The minimum absolute atomic E-state index is 0.123. The van der Waals surface area contributed by atoms with E-state index in [1.807, 2.05) is 4.90 Å². The maximum Gasteiger partial charge on any atom is 0.277 e.